The lowest BCUT2D eigenvalue weighted by atomic mass is 10.3. The van der Waals surface area contributed by atoms with Crippen LogP contribution in [0.1, 0.15) is 10.7 Å². The minimum absolute atomic E-state index is 0.00991. The first-order valence-electron chi connectivity index (χ1n) is 6.18. The summed E-state index contributed by atoms with van der Waals surface area (Å²) in [6, 6.07) is 0. The lowest BCUT2D eigenvalue weighted by molar-refractivity contribution is -0.138. The molecule has 6 nitrogen and oxygen atoms in total. The first-order chi connectivity index (χ1) is 9.04. The minimum atomic E-state index is -0.0858. The first-order valence-corrected chi connectivity index (χ1v) is 7.06. The Morgan fingerprint density at radius 3 is 3.05 bits per heavy atom. The van der Waals surface area contributed by atoms with Gasteiger partial charge in [0.1, 0.15) is 0 Å². The Morgan fingerprint density at radius 1 is 1.63 bits per heavy atom. The van der Waals surface area contributed by atoms with Crippen LogP contribution in [0.5, 0.6) is 0 Å². The standard InChI is InChI=1S/C12H18N4O2S/c1-9-14-10(8-19-9)5-15(2)7-12(18)16-4-3-13-11(17)6-16/h8H,3-7H2,1-2H3,(H,13,17). The number of amides is 2. The molecule has 104 valence electrons. The highest BCUT2D eigenvalue weighted by atomic mass is 32.1. The molecule has 1 N–H and O–H groups in total. The Hall–Kier alpha value is -1.47. The minimum Gasteiger partial charge on any atom is -0.353 e. The molecule has 1 aromatic heterocycles. The van der Waals surface area contributed by atoms with E-state index in [2.05, 4.69) is 10.3 Å². The van der Waals surface area contributed by atoms with E-state index in [0.29, 0.717) is 26.2 Å². The van der Waals surface area contributed by atoms with Crippen molar-refractivity contribution in [2.75, 3.05) is 33.2 Å². The van der Waals surface area contributed by atoms with E-state index in [1.54, 1.807) is 16.2 Å². The van der Waals surface area contributed by atoms with Gasteiger partial charge in [-0.1, -0.05) is 0 Å². The van der Waals surface area contributed by atoms with Crippen LogP contribution in [-0.4, -0.2) is 59.8 Å². The number of rotatable bonds is 4. The van der Waals surface area contributed by atoms with Gasteiger partial charge in [0, 0.05) is 25.0 Å². The van der Waals surface area contributed by atoms with Crippen molar-refractivity contribution in [3.8, 4) is 0 Å². The molecule has 19 heavy (non-hydrogen) atoms. The molecule has 1 fully saturated rings. The molecule has 0 radical (unpaired) electrons. The number of aromatic nitrogens is 1. The molecule has 0 spiro atoms. The summed E-state index contributed by atoms with van der Waals surface area (Å²) in [4.78, 5) is 31.2. The number of nitrogens with zero attached hydrogens (tertiary/aromatic N) is 3. The maximum absolute atomic E-state index is 12.0. The third-order valence-corrected chi connectivity index (χ3v) is 3.72. The molecule has 2 heterocycles. The van der Waals surface area contributed by atoms with Crippen molar-refractivity contribution in [1.82, 2.24) is 20.1 Å². The third-order valence-electron chi connectivity index (χ3n) is 2.89. The predicted molar refractivity (Wildman–Crippen MR) is 72.8 cm³/mol. The highest BCUT2D eigenvalue weighted by Crippen LogP contribution is 2.09. The van der Waals surface area contributed by atoms with Gasteiger partial charge in [-0.25, -0.2) is 4.98 Å². The number of aryl methyl sites for hydroxylation is 1. The second-order valence-electron chi connectivity index (χ2n) is 4.70. The van der Waals surface area contributed by atoms with E-state index in [9.17, 15) is 9.59 Å². The molecule has 1 aliphatic rings. The van der Waals surface area contributed by atoms with Crippen molar-refractivity contribution < 1.29 is 9.59 Å². The zero-order valence-corrected chi connectivity index (χ0v) is 12.0. The maximum atomic E-state index is 12.0. The van der Waals surface area contributed by atoms with Gasteiger partial charge < -0.3 is 10.2 Å². The van der Waals surface area contributed by atoms with E-state index in [-0.39, 0.29) is 18.4 Å². The Bertz CT molecular complexity index is 474. The van der Waals surface area contributed by atoms with Crippen LogP contribution in [0.4, 0.5) is 0 Å². The van der Waals surface area contributed by atoms with Gasteiger partial charge in [0.05, 0.1) is 23.8 Å². The summed E-state index contributed by atoms with van der Waals surface area (Å²) in [5.74, 6) is -0.0957. The number of nitrogens with one attached hydrogen (secondary N) is 1. The lowest BCUT2D eigenvalue weighted by Gasteiger charge is -2.28. The number of hydrogen-bond donors (Lipinski definition) is 1. The van der Waals surface area contributed by atoms with Crippen LogP contribution in [0.3, 0.4) is 0 Å². The molecule has 2 rings (SSSR count). The fourth-order valence-corrected chi connectivity index (χ4v) is 2.60. The third kappa shape index (κ3) is 4.00. The van der Waals surface area contributed by atoms with Crippen LogP contribution in [0.25, 0.3) is 0 Å². The summed E-state index contributed by atoms with van der Waals surface area (Å²) in [5.41, 5.74) is 0.981. The highest BCUT2D eigenvalue weighted by molar-refractivity contribution is 7.09. The van der Waals surface area contributed by atoms with Gasteiger partial charge in [0.15, 0.2) is 0 Å². The Balaban J connectivity index is 1.82. The normalized spacial score (nSPS) is 15.7. The number of carbonyl (C=O) groups is 2. The molecule has 7 heteroatoms. The van der Waals surface area contributed by atoms with Crippen molar-refractivity contribution in [3.05, 3.63) is 16.1 Å². The van der Waals surface area contributed by atoms with Crippen molar-refractivity contribution in [2.24, 2.45) is 0 Å². The lowest BCUT2D eigenvalue weighted by Crippen LogP contribution is -2.52. The summed E-state index contributed by atoms with van der Waals surface area (Å²) in [6.07, 6.45) is 0. The van der Waals surface area contributed by atoms with E-state index in [4.69, 9.17) is 0 Å². The van der Waals surface area contributed by atoms with Gasteiger partial charge in [-0.2, -0.15) is 0 Å². The molecule has 0 aliphatic carbocycles. The average Bonchev–Trinajstić information content (AvgIpc) is 2.74. The van der Waals surface area contributed by atoms with Gasteiger partial charge in [-0.3, -0.25) is 14.5 Å². The van der Waals surface area contributed by atoms with Crippen molar-refractivity contribution in [1.29, 1.82) is 0 Å². The molecule has 0 unspecified atom stereocenters. The summed E-state index contributed by atoms with van der Waals surface area (Å²) in [5, 5.41) is 5.74. The number of piperazine rings is 1. The van der Waals surface area contributed by atoms with Crippen LogP contribution in [0, 0.1) is 6.92 Å². The van der Waals surface area contributed by atoms with Gasteiger partial charge in [-0.15, -0.1) is 11.3 Å². The predicted octanol–water partition coefficient (Wildman–Crippen LogP) is -0.158. The quantitative estimate of drug-likeness (QED) is 0.833. The highest BCUT2D eigenvalue weighted by Gasteiger charge is 2.21. The fourth-order valence-electron chi connectivity index (χ4n) is 2.00. The Labute approximate surface area is 116 Å². The number of carbonyl (C=O) groups excluding carboxylic acids is 2. The van der Waals surface area contributed by atoms with E-state index in [1.165, 1.54) is 0 Å². The molecule has 0 atom stereocenters. The molecule has 1 aliphatic heterocycles. The largest absolute Gasteiger partial charge is 0.353 e. The fraction of sp³-hybridized carbons (Fsp3) is 0.583. The molecule has 1 aromatic rings. The van der Waals surface area contributed by atoms with Gasteiger partial charge in [0.25, 0.3) is 0 Å². The van der Waals surface area contributed by atoms with Crippen LogP contribution in [0.15, 0.2) is 5.38 Å². The second-order valence-corrected chi connectivity index (χ2v) is 5.76. The summed E-state index contributed by atoms with van der Waals surface area (Å²) < 4.78 is 0. The SMILES string of the molecule is Cc1nc(CN(C)CC(=O)N2CCNC(=O)C2)cs1. The summed E-state index contributed by atoms with van der Waals surface area (Å²) in [6.45, 7) is 4.22. The molecule has 0 aromatic carbocycles. The smallest absolute Gasteiger partial charge is 0.239 e. The Kier molecular flexibility index (Phi) is 4.49. The van der Waals surface area contributed by atoms with Gasteiger partial charge >= 0.3 is 0 Å². The van der Waals surface area contributed by atoms with Crippen LogP contribution in [0.2, 0.25) is 0 Å². The zero-order valence-electron chi connectivity index (χ0n) is 11.2. The van der Waals surface area contributed by atoms with Crippen molar-refractivity contribution in [3.63, 3.8) is 0 Å². The second kappa shape index (κ2) is 6.12. The van der Waals surface area contributed by atoms with Gasteiger partial charge in [-0.05, 0) is 14.0 Å². The molecule has 0 bridgehead atoms. The monoisotopic (exact) mass is 282 g/mol. The summed E-state index contributed by atoms with van der Waals surface area (Å²) >= 11 is 1.61. The average molecular weight is 282 g/mol. The van der Waals surface area contributed by atoms with Gasteiger partial charge in [0.2, 0.25) is 11.8 Å². The van der Waals surface area contributed by atoms with Crippen LogP contribution >= 0.6 is 11.3 Å². The number of hydrogen-bond acceptors (Lipinski definition) is 5. The van der Waals surface area contributed by atoms with Crippen molar-refractivity contribution in [2.45, 2.75) is 13.5 Å². The molecule has 0 saturated carbocycles. The first kappa shape index (κ1) is 14.0. The summed E-state index contributed by atoms with van der Waals surface area (Å²) in [7, 11) is 1.89. The van der Waals surface area contributed by atoms with E-state index in [1.807, 2.05) is 24.3 Å². The molecular formula is C12H18N4O2S. The molecule has 2 amide bonds. The molecule has 1 saturated heterocycles. The van der Waals surface area contributed by atoms with E-state index < -0.39 is 0 Å². The maximum Gasteiger partial charge on any atom is 0.239 e. The van der Waals surface area contributed by atoms with Crippen LogP contribution < -0.4 is 5.32 Å². The Morgan fingerprint density at radius 2 is 2.42 bits per heavy atom. The van der Waals surface area contributed by atoms with E-state index in [0.717, 1.165) is 10.7 Å². The number of thiazole rings is 1. The van der Waals surface area contributed by atoms with E-state index >= 15 is 0 Å². The molecular weight excluding hydrogens is 264 g/mol. The zero-order chi connectivity index (χ0) is 13.8. The van der Waals surface area contributed by atoms with Crippen molar-refractivity contribution >= 4 is 23.2 Å². The van der Waals surface area contributed by atoms with Crippen LogP contribution in [-0.2, 0) is 16.1 Å². The number of likely N-dealkylation sites (N-methyl/N-ethyl adjacent to an activating group) is 1. The topological polar surface area (TPSA) is 65.5 Å².